The van der Waals surface area contributed by atoms with E-state index < -0.39 is 17.9 Å². The van der Waals surface area contributed by atoms with Crippen LogP contribution in [0.15, 0.2) is 0 Å². The molecule has 1 heterocycles. The summed E-state index contributed by atoms with van der Waals surface area (Å²) in [7, 11) is 1.98. The molecular weight excluding hydrogens is 257 g/mol. The van der Waals surface area contributed by atoms with Crippen LogP contribution in [0.3, 0.4) is 0 Å². The summed E-state index contributed by atoms with van der Waals surface area (Å²) in [4.78, 5) is 3.98. The number of hydrogen-bond donors (Lipinski definition) is 2. The first-order valence-corrected chi connectivity index (χ1v) is 6.59. The number of nitrogens with one attached hydrogen (secondary N) is 1. The minimum Gasteiger partial charge on any atom is -0.387 e. The predicted octanol–water partition coefficient (Wildman–Crippen LogP) is 1.52. The smallest absolute Gasteiger partial charge is 0.387 e. The van der Waals surface area contributed by atoms with E-state index in [2.05, 4.69) is 4.90 Å². The van der Waals surface area contributed by atoms with E-state index in [0.29, 0.717) is 6.54 Å². The van der Waals surface area contributed by atoms with Gasteiger partial charge in [0.2, 0.25) is 0 Å². The van der Waals surface area contributed by atoms with Gasteiger partial charge in [0.25, 0.3) is 0 Å². The van der Waals surface area contributed by atoms with Crippen molar-refractivity contribution in [3.8, 4) is 0 Å². The lowest BCUT2D eigenvalue weighted by atomic mass is 10.1. The molecular formula is C12H23F3N4. The van der Waals surface area contributed by atoms with Crippen molar-refractivity contribution in [3.63, 3.8) is 0 Å². The summed E-state index contributed by atoms with van der Waals surface area (Å²) in [5.41, 5.74) is 5.12. The lowest BCUT2D eigenvalue weighted by Crippen LogP contribution is -2.48. The molecule has 1 saturated heterocycles. The van der Waals surface area contributed by atoms with Gasteiger partial charge in [0, 0.05) is 19.1 Å². The Morgan fingerprint density at radius 1 is 1.42 bits per heavy atom. The zero-order valence-electron chi connectivity index (χ0n) is 11.5. The van der Waals surface area contributed by atoms with Crippen LogP contribution in [0.1, 0.15) is 19.8 Å². The van der Waals surface area contributed by atoms with Crippen LogP contribution in [0, 0.1) is 11.3 Å². The lowest BCUT2D eigenvalue weighted by Gasteiger charge is -2.33. The third-order valence-corrected chi connectivity index (χ3v) is 3.68. The second-order valence-corrected chi connectivity index (χ2v) is 5.22. The molecule has 2 atom stereocenters. The highest BCUT2D eigenvalue weighted by atomic mass is 19.4. The maximum absolute atomic E-state index is 12.9. The Morgan fingerprint density at radius 3 is 2.53 bits per heavy atom. The molecule has 0 bridgehead atoms. The highest BCUT2D eigenvalue weighted by Gasteiger charge is 2.43. The molecule has 1 aliphatic heterocycles. The summed E-state index contributed by atoms with van der Waals surface area (Å²) >= 11 is 0. The number of alkyl halides is 3. The van der Waals surface area contributed by atoms with Crippen molar-refractivity contribution in [2.24, 2.45) is 11.7 Å². The Balaban J connectivity index is 2.78. The number of rotatable bonds is 4. The van der Waals surface area contributed by atoms with Crippen LogP contribution in [0.25, 0.3) is 0 Å². The molecule has 1 rings (SSSR count). The van der Waals surface area contributed by atoms with Gasteiger partial charge in [-0.1, -0.05) is 6.92 Å². The Labute approximate surface area is 112 Å². The number of nitrogens with two attached hydrogens (primary N) is 1. The first-order valence-electron chi connectivity index (χ1n) is 6.59. The van der Waals surface area contributed by atoms with Gasteiger partial charge in [-0.05, 0) is 33.0 Å². The van der Waals surface area contributed by atoms with Crippen LogP contribution in [0.4, 0.5) is 13.2 Å². The first kappa shape index (κ1) is 16.2. The van der Waals surface area contributed by atoms with Crippen LogP contribution in [-0.4, -0.2) is 61.1 Å². The van der Waals surface area contributed by atoms with E-state index in [1.54, 1.807) is 0 Å². The van der Waals surface area contributed by atoms with Gasteiger partial charge in [0.1, 0.15) is 11.8 Å². The fourth-order valence-electron chi connectivity index (χ4n) is 2.53. The molecule has 0 aliphatic carbocycles. The number of amidine groups is 1. The molecule has 0 amide bonds. The van der Waals surface area contributed by atoms with Crippen molar-refractivity contribution < 1.29 is 13.2 Å². The highest BCUT2D eigenvalue weighted by molar-refractivity contribution is 5.80. The van der Waals surface area contributed by atoms with Crippen molar-refractivity contribution in [2.75, 3.05) is 33.2 Å². The van der Waals surface area contributed by atoms with Crippen molar-refractivity contribution in [3.05, 3.63) is 0 Å². The minimum atomic E-state index is -4.44. The topological polar surface area (TPSA) is 56.4 Å². The number of likely N-dealkylation sites (N-methyl/N-ethyl adjacent to an activating group) is 1. The Morgan fingerprint density at radius 2 is 2.05 bits per heavy atom. The van der Waals surface area contributed by atoms with Gasteiger partial charge in [-0.25, -0.2) is 0 Å². The minimum absolute atomic E-state index is 0.0942. The molecule has 7 heteroatoms. The zero-order chi connectivity index (χ0) is 14.6. The van der Waals surface area contributed by atoms with Crippen molar-refractivity contribution in [1.29, 1.82) is 5.41 Å². The van der Waals surface area contributed by atoms with Crippen LogP contribution in [0.5, 0.6) is 0 Å². The Bertz CT molecular complexity index is 306. The molecule has 1 fully saturated rings. The van der Waals surface area contributed by atoms with E-state index in [4.69, 9.17) is 11.1 Å². The summed E-state index contributed by atoms with van der Waals surface area (Å²) in [6.45, 7) is 4.06. The summed E-state index contributed by atoms with van der Waals surface area (Å²) < 4.78 is 38.6. The molecule has 0 aromatic carbocycles. The monoisotopic (exact) mass is 280 g/mol. The molecule has 19 heavy (non-hydrogen) atoms. The molecule has 0 saturated carbocycles. The summed E-state index contributed by atoms with van der Waals surface area (Å²) in [6, 6.07) is 0.0942. The van der Waals surface area contributed by atoms with Gasteiger partial charge in [0.15, 0.2) is 0 Å². The van der Waals surface area contributed by atoms with E-state index in [-0.39, 0.29) is 12.6 Å². The lowest BCUT2D eigenvalue weighted by molar-refractivity contribution is -0.161. The van der Waals surface area contributed by atoms with Crippen LogP contribution < -0.4 is 5.73 Å². The van der Waals surface area contributed by atoms with Gasteiger partial charge in [-0.3, -0.25) is 10.3 Å². The quantitative estimate of drug-likeness (QED) is 0.606. The van der Waals surface area contributed by atoms with Crippen LogP contribution in [-0.2, 0) is 0 Å². The Hall–Kier alpha value is -0.820. The first-order chi connectivity index (χ1) is 8.75. The average molecular weight is 280 g/mol. The van der Waals surface area contributed by atoms with Gasteiger partial charge < -0.3 is 10.6 Å². The third kappa shape index (κ3) is 4.65. The van der Waals surface area contributed by atoms with Crippen molar-refractivity contribution in [2.45, 2.75) is 32.0 Å². The van der Waals surface area contributed by atoms with Gasteiger partial charge in [-0.15, -0.1) is 0 Å². The second-order valence-electron chi connectivity index (χ2n) is 5.22. The summed E-state index contributed by atoms with van der Waals surface area (Å²) in [5, 5.41) is 7.16. The normalized spacial score (nSPS) is 25.0. The number of nitrogens with zero attached hydrogens (tertiary/aromatic N) is 2. The second kappa shape index (κ2) is 6.56. The van der Waals surface area contributed by atoms with Crippen molar-refractivity contribution in [1.82, 2.24) is 9.80 Å². The van der Waals surface area contributed by atoms with E-state index in [1.807, 2.05) is 18.9 Å². The van der Waals surface area contributed by atoms with Crippen molar-refractivity contribution >= 4 is 5.84 Å². The molecule has 3 N–H and O–H groups in total. The third-order valence-electron chi connectivity index (χ3n) is 3.68. The summed E-state index contributed by atoms with van der Waals surface area (Å²) in [5.74, 6) is -2.65. The number of hydrogen-bond acceptors (Lipinski definition) is 3. The van der Waals surface area contributed by atoms with Gasteiger partial charge >= 0.3 is 6.18 Å². The molecule has 0 aromatic heterocycles. The van der Waals surface area contributed by atoms with E-state index in [0.717, 1.165) is 25.9 Å². The maximum atomic E-state index is 12.9. The van der Waals surface area contributed by atoms with Crippen LogP contribution >= 0.6 is 0 Å². The fourth-order valence-corrected chi connectivity index (χ4v) is 2.53. The molecule has 112 valence electrons. The molecule has 0 radical (unpaired) electrons. The Kier molecular flexibility index (Phi) is 5.61. The predicted molar refractivity (Wildman–Crippen MR) is 69.2 cm³/mol. The standard InChI is InChI=1S/C12H23F3N4/c1-3-9-7-18(2)5-4-6-19(9)8-10(11(16)17)12(13,14)15/h9-10H,3-8H2,1-2H3,(H3,16,17). The fraction of sp³-hybridized carbons (Fsp3) is 0.917. The SMILES string of the molecule is CCC1CN(C)CCCN1CC(C(=N)N)C(F)(F)F. The molecule has 0 aromatic rings. The highest BCUT2D eigenvalue weighted by Crippen LogP contribution is 2.28. The van der Waals surface area contributed by atoms with E-state index in [9.17, 15) is 13.2 Å². The zero-order valence-corrected chi connectivity index (χ0v) is 11.5. The molecule has 2 unspecified atom stereocenters. The van der Waals surface area contributed by atoms with E-state index in [1.165, 1.54) is 0 Å². The molecule has 1 aliphatic rings. The van der Waals surface area contributed by atoms with Crippen LogP contribution in [0.2, 0.25) is 0 Å². The number of halogens is 3. The summed E-state index contributed by atoms with van der Waals surface area (Å²) in [6.07, 6.45) is -2.80. The van der Waals surface area contributed by atoms with E-state index >= 15 is 0 Å². The van der Waals surface area contributed by atoms with Gasteiger partial charge in [-0.2, -0.15) is 13.2 Å². The average Bonchev–Trinajstić information content (AvgIpc) is 2.45. The largest absolute Gasteiger partial charge is 0.399 e. The molecule has 0 spiro atoms. The maximum Gasteiger partial charge on any atom is 0.399 e. The van der Waals surface area contributed by atoms with Gasteiger partial charge in [0.05, 0.1) is 0 Å². The molecule has 4 nitrogen and oxygen atoms in total.